The molecule has 0 radical (unpaired) electrons. The van der Waals surface area contributed by atoms with Crippen LogP contribution in [0.25, 0.3) is 0 Å². The molecule has 1 fully saturated rings. The molecule has 0 saturated carbocycles. The molecule has 1 amide bonds. The third-order valence-electron chi connectivity index (χ3n) is 3.81. The van der Waals surface area contributed by atoms with Gasteiger partial charge in [-0.25, -0.2) is 0 Å². The van der Waals surface area contributed by atoms with Gasteiger partial charge in [-0.1, -0.05) is 6.07 Å². The molecule has 0 spiro atoms. The highest BCUT2D eigenvalue weighted by molar-refractivity contribution is 7.09. The second kappa shape index (κ2) is 7.32. The summed E-state index contributed by atoms with van der Waals surface area (Å²) in [7, 11) is 1.79. The predicted molar refractivity (Wildman–Crippen MR) is 90.7 cm³/mol. The average molecular weight is 332 g/mol. The van der Waals surface area contributed by atoms with Gasteiger partial charge in [-0.2, -0.15) is 0 Å². The van der Waals surface area contributed by atoms with E-state index in [0.717, 1.165) is 25.6 Å². The van der Waals surface area contributed by atoms with Crippen molar-refractivity contribution in [2.45, 2.75) is 6.54 Å². The molecule has 0 bridgehead atoms. The third kappa shape index (κ3) is 3.73. The summed E-state index contributed by atoms with van der Waals surface area (Å²) in [5, 5.41) is 5.45. The van der Waals surface area contributed by atoms with Gasteiger partial charge < -0.3 is 19.5 Å². The molecule has 1 N–H and O–H groups in total. The minimum atomic E-state index is -0.0452. The first-order chi connectivity index (χ1) is 11.3. The number of hydrogen-bond donors (Lipinski definition) is 1. The lowest BCUT2D eigenvalue weighted by atomic mass is 10.3. The number of aliphatic imine (C=N–C) groups is 1. The van der Waals surface area contributed by atoms with Crippen LogP contribution < -0.4 is 5.32 Å². The maximum Gasteiger partial charge on any atom is 0.289 e. The van der Waals surface area contributed by atoms with E-state index >= 15 is 0 Å². The number of nitrogens with zero attached hydrogens (tertiary/aromatic N) is 3. The molecule has 2 aromatic heterocycles. The maximum atomic E-state index is 12.3. The van der Waals surface area contributed by atoms with Gasteiger partial charge in [0.25, 0.3) is 5.91 Å². The van der Waals surface area contributed by atoms with Crippen LogP contribution in [-0.4, -0.2) is 54.9 Å². The normalized spacial score (nSPS) is 15.8. The first-order valence-electron chi connectivity index (χ1n) is 7.58. The zero-order valence-corrected chi connectivity index (χ0v) is 13.9. The van der Waals surface area contributed by atoms with Crippen molar-refractivity contribution in [2.24, 2.45) is 4.99 Å². The summed E-state index contributed by atoms with van der Waals surface area (Å²) in [5.41, 5.74) is 0. The number of guanidine groups is 1. The molecule has 3 heterocycles. The van der Waals surface area contributed by atoms with E-state index in [0.29, 0.717) is 18.8 Å². The molecule has 122 valence electrons. The second-order valence-corrected chi connectivity index (χ2v) is 6.27. The molecule has 0 atom stereocenters. The predicted octanol–water partition coefficient (Wildman–Crippen LogP) is 1.87. The van der Waals surface area contributed by atoms with Crippen molar-refractivity contribution in [2.75, 3.05) is 33.2 Å². The Hall–Kier alpha value is -2.28. The smallest absolute Gasteiger partial charge is 0.289 e. The lowest BCUT2D eigenvalue weighted by Crippen LogP contribution is -2.53. The van der Waals surface area contributed by atoms with E-state index in [-0.39, 0.29) is 5.91 Å². The molecule has 6 nitrogen and oxygen atoms in total. The highest BCUT2D eigenvalue weighted by Gasteiger charge is 2.25. The van der Waals surface area contributed by atoms with Crippen molar-refractivity contribution in [3.63, 3.8) is 0 Å². The number of nitrogens with one attached hydrogen (secondary N) is 1. The summed E-state index contributed by atoms with van der Waals surface area (Å²) in [6.45, 7) is 3.63. The van der Waals surface area contributed by atoms with Crippen LogP contribution in [0.15, 0.2) is 45.3 Å². The number of carbonyl (C=O) groups excluding carboxylic acids is 1. The number of piperazine rings is 1. The number of amides is 1. The molecule has 0 unspecified atom stereocenters. The minimum Gasteiger partial charge on any atom is -0.459 e. The maximum absolute atomic E-state index is 12.3. The second-order valence-electron chi connectivity index (χ2n) is 5.24. The fraction of sp³-hybridized carbons (Fsp3) is 0.375. The fourth-order valence-electron chi connectivity index (χ4n) is 2.59. The average Bonchev–Trinajstić information content (AvgIpc) is 3.29. The third-order valence-corrected chi connectivity index (χ3v) is 4.69. The molecule has 23 heavy (non-hydrogen) atoms. The summed E-state index contributed by atoms with van der Waals surface area (Å²) < 4.78 is 5.18. The van der Waals surface area contributed by atoms with Crippen molar-refractivity contribution in [1.82, 2.24) is 15.1 Å². The van der Waals surface area contributed by atoms with Gasteiger partial charge in [0.15, 0.2) is 11.7 Å². The van der Waals surface area contributed by atoms with Crippen molar-refractivity contribution < 1.29 is 9.21 Å². The first kappa shape index (κ1) is 15.6. The molecule has 1 aliphatic rings. The Labute approximate surface area is 139 Å². The van der Waals surface area contributed by atoms with Gasteiger partial charge >= 0.3 is 0 Å². The van der Waals surface area contributed by atoms with Crippen LogP contribution in [0.2, 0.25) is 0 Å². The quantitative estimate of drug-likeness (QED) is 0.689. The van der Waals surface area contributed by atoms with Gasteiger partial charge in [-0.3, -0.25) is 9.79 Å². The zero-order chi connectivity index (χ0) is 16.1. The van der Waals surface area contributed by atoms with Crippen LogP contribution in [0.4, 0.5) is 0 Å². The lowest BCUT2D eigenvalue weighted by molar-refractivity contribution is 0.0657. The summed E-state index contributed by atoms with van der Waals surface area (Å²) in [5.74, 6) is 1.23. The fourth-order valence-corrected chi connectivity index (χ4v) is 3.23. The topological polar surface area (TPSA) is 61.1 Å². The molecule has 7 heteroatoms. The molecular weight excluding hydrogens is 312 g/mol. The summed E-state index contributed by atoms with van der Waals surface area (Å²) >= 11 is 1.73. The van der Waals surface area contributed by atoms with E-state index in [9.17, 15) is 4.79 Å². The summed E-state index contributed by atoms with van der Waals surface area (Å²) in [6.07, 6.45) is 1.53. The molecule has 2 aromatic rings. The number of furan rings is 1. The Bertz CT molecular complexity index is 644. The van der Waals surface area contributed by atoms with Crippen molar-refractivity contribution in [3.05, 3.63) is 46.5 Å². The largest absolute Gasteiger partial charge is 0.459 e. The van der Waals surface area contributed by atoms with Gasteiger partial charge in [0.2, 0.25) is 0 Å². The first-order valence-corrected chi connectivity index (χ1v) is 8.46. The van der Waals surface area contributed by atoms with Gasteiger partial charge in [-0.15, -0.1) is 11.3 Å². The highest BCUT2D eigenvalue weighted by Crippen LogP contribution is 2.11. The van der Waals surface area contributed by atoms with E-state index in [4.69, 9.17) is 4.42 Å². The van der Waals surface area contributed by atoms with Crippen molar-refractivity contribution in [3.8, 4) is 0 Å². The van der Waals surface area contributed by atoms with Crippen LogP contribution in [0.5, 0.6) is 0 Å². The summed E-state index contributed by atoms with van der Waals surface area (Å²) in [6, 6.07) is 7.59. The Morgan fingerprint density at radius 3 is 2.65 bits per heavy atom. The van der Waals surface area contributed by atoms with Gasteiger partial charge in [0.1, 0.15) is 0 Å². The summed E-state index contributed by atoms with van der Waals surface area (Å²) in [4.78, 5) is 21.9. The van der Waals surface area contributed by atoms with E-state index in [1.807, 2.05) is 11.0 Å². The van der Waals surface area contributed by atoms with Gasteiger partial charge in [-0.05, 0) is 23.6 Å². The van der Waals surface area contributed by atoms with Crippen molar-refractivity contribution >= 4 is 23.2 Å². The van der Waals surface area contributed by atoms with Crippen LogP contribution >= 0.6 is 11.3 Å². The standard InChI is InChI=1S/C16H20N4O2S/c1-17-16(18-12-13-4-3-11-23-13)20-8-6-19(7-9-20)15(21)14-5-2-10-22-14/h2-5,10-11H,6-9,12H2,1H3,(H,17,18). The van der Waals surface area contributed by atoms with E-state index < -0.39 is 0 Å². The minimum absolute atomic E-state index is 0.0452. The number of thiophene rings is 1. The van der Waals surface area contributed by atoms with Crippen LogP contribution in [0.1, 0.15) is 15.4 Å². The number of hydrogen-bond acceptors (Lipinski definition) is 4. The zero-order valence-electron chi connectivity index (χ0n) is 13.1. The van der Waals surface area contributed by atoms with E-state index in [1.165, 1.54) is 11.1 Å². The molecular formula is C16H20N4O2S. The van der Waals surface area contributed by atoms with Crippen LogP contribution in [0, 0.1) is 0 Å². The monoisotopic (exact) mass is 332 g/mol. The molecule has 1 aliphatic heterocycles. The Morgan fingerprint density at radius 2 is 2.04 bits per heavy atom. The molecule has 0 aromatic carbocycles. The van der Waals surface area contributed by atoms with E-state index in [2.05, 4.69) is 26.7 Å². The van der Waals surface area contributed by atoms with Crippen LogP contribution in [-0.2, 0) is 6.54 Å². The molecule has 1 saturated heterocycles. The Balaban J connectivity index is 1.52. The van der Waals surface area contributed by atoms with Gasteiger partial charge in [0, 0.05) is 38.1 Å². The molecule has 0 aliphatic carbocycles. The van der Waals surface area contributed by atoms with Gasteiger partial charge in [0.05, 0.1) is 12.8 Å². The molecule has 3 rings (SSSR count). The van der Waals surface area contributed by atoms with Crippen LogP contribution in [0.3, 0.4) is 0 Å². The Kier molecular flexibility index (Phi) is 4.97. The highest BCUT2D eigenvalue weighted by atomic mass is 32.1. The number of rotatable bonds is 3. The Morgan fingerprint density at radius 1 is 1.26 bits per heavy atom. The van der Waals surface area contributed by atoms with Crippen molar-refractivity contribution in [1.29, 1.82) is 0 Å². The van der Waals surface area contributed by atoms with E-state index in [1.54, 1.807) is 30.5 Å². The SMILES string of the molecule is CN=C(NCc1cccs1)N1CCN(C(=O)c2ccco2)CC1. The number of carbonyl (C=O) groups is 1. The lowest BCUT2D eigenvalue weighted by Gasteiger charge is -2.36.